The van der Waals surface area contributed by atoms with Crippen LogP contribution in [0.4, 0.5) is 5.00 Å². The van der Waals surface area contributed by atoms with Crippen LogP contribution in [0.25, 0.3) is 11.3 Å². The molecule has 1 heterocycles. The molecule has 4 rings (SSSR count). The van der Waals surface area contributed by atoms with E-state index in [1.54, 1.807) is 11.8 Å². The molecule has 160 valence electrons. The van der Waals surface area contributed by atoms with Crippen molar-refractivity contribution in [1.82, 2.24) is 10.3 Å². The van der Waals surface area contributed by atoms with E-state index in [0.29, 0.717) is 22.4 Å². The maximum absolute atomic E-state index is 13.1. The van der Waals surface area contributed by atoms with Gasteiger partial charge in [0, 0.05) is 16.5 Å². The second kappa shape index (κ2) is 10.3. The monoisotopic (exact) mass is 469 g/mol. The predicted octanol–water partition coefficient (Wildman–Crippen LogP) is 5.55. The zero-order valence-corrected chi connectivity index (χ0v) is 19.5. The van der Waals surface area contributed by atoms with E-state index < -0.39 is 0 Å². The van der Waals surface area contributed by atoms with Crippen molar-refractivity contribution in [2.45, 2.75) is 35.0 Å². The Morgan fingerprint density at radius 2 is 1.81 bits per heavy atom. The van der Waals surface area contributed by atoms with E-state index in [-0.39, 0.29) is 11.8 Å². The third kappa shape index (κ3) is 5.90. The minimum Gasteiger partial charge on any atom is -0.353 e. The standard InChI is InChI=1S/C23H23N3O2S3/c1-2-29-18-11-7-6-10-17(18)21(28)26-22-20(15-8-4-3-5-9-15)25-23(31-22)30-14-19(27)24-16-12-13-16/h3-11,16H,2,12-14H2,1H3,(H,24,27)(H,26,28). The first-order valence-corrected chi connectivity index (χ1v) is 12.9. The van der Waals surface area contributed by atoms with Crippen molar-refractivity contribution in [2.75, 3.05) is 16.8 Å². The number of aromatic nitrogens is 1. The molecule has 3 aromatic rings. The maximum atomic E-state index is 13.1. The normalized spacial score (nSPS) is 13.1. The molecule has 1 aliphatic rings. The van der Waals surface area contributed by atoms with Gasteiger partial charge in [0.15, 0.2) is 4.34 Å². The van der Waals surface area contributed by atoms with E-state index in [4.69, 9.17) is 4.98 Å². The third-order valence-corrected chi connectivity index (χ3v) is 7.65. The highest BCUT2D eigenvalue weighted by atomic mass is 32.2. The lowest BCUT2D eigenvalue weighted by Crippen LogP contribution is -2.26. The summed E-state index contributed by atoms with van der Waals surface area (Å²) < 4.78 is 0.760. The van der Waals surface area contributed by atoms with Crippen LogP contribution in [0.15, 0.2) is 63.8 Å². The molecule has 1 saturated carbocycles. The topological polar surface area (TPSA) is 71.1 Å². The van der Waals surface area contributed by atoms with Crippen LogP contribution in [0.2, 0.25) is 0 Å². The third-order valence-electron chi connectivity index (χ3n) is 4.58. The molecule has 0 aliphatic heterocycles. The first-order chi connectivity index (χ1) is 15.1. The van der Waals surface area contributed by atoms with E-state index in [0.717, 1.165) is 39.1 Å². The minimum atomic E-state index is -0.152. The average molecular weight is 470 g/mol. The highest BCUT2D eigenvalue weighted by molar-refractivity contribution is 8.01. The molecule has 8 heteroatoms. The lowest BCUT2D eigenvalue weighted by molar-refractivity contribution is -0.118. The summed E-state index contributed by atoms with van der Waals surface area (Å²) in [6.07, 6.45) is 2.14. The second-order valence-electron chi connectivity index (χ2n) is 7.04. The van der Waals surface area contributed by atoms with Gasteiger partial charge in [-0.05, 0) is 30.7 Å². The van der Waals surface area contributed by atoms with Gasteiger partial charge in [-0.25, -0.2) is 4.98 Å². The SMILES string of the molecule is CCSc1ccccc1C(=O)Nc1sc(SCC(=O)NC2CC2)nc1-c1ccccc1. The van der Waals surface area contributed by atoms with Gasteiger partial charge in [0.05, 0.1) is 11.3 Å². The van der Waals surface area contributed by atoms with Crippen LogP contribution >= 0.6 is 34.9 Å². The van der Waals surface area contributed by atoms with Crippen molar-refractivity contribution < 1.29 is 9.59 Å². The second-order valence-corrected chi connectivity index (χ2v) is 10.6. The van der Waals surface area contributed by atoms with E-state index in [2.05, 4.69) is 17.6 Å². The summed E-state index contributed by atoms with van der Waals surface area (Å²) in [4.78, 5) is 30.8. The van der Waals surface area contributed by atoms with Crippen molar-refractivity contribution in [2.24, 2.45) is 0 Å². The summed E-state index contributed by atoms with van der Waals surface area (Å²) in [5, 5.41) is 6.75. The van der Waals surface area contributed by atoms with Gasteiger partial charge in [-0.2, -0.15) is 0 Å². The smallest absolute Gasteiger partial charge is 0.257 e. The average Bonchev–Trinajstić information content (AvgIpc) is 3.51. The van der Waals surface area contributed by atoms with Crippen molar-refractivity contribution in [3.63, 3.8) is 0 Å². The molecule has 1 aliphatic carbocycles. The van der Waals surface area contributed by atoms with Gasteiger partial charge in [0.2, 0.25) is 5.91 Å². The largest absolute Gasteiger partial charge is 0.353 e. The highest BCUT2D eigenvalue weighted by Gasteiger charge is 2.24. The van der Waals surface area contributed by atoms with Gasteiger partial charge in [0.1, 0.15) is 10.7 Å². The summed E-state index contributed by atoms with van der Waals surface area (Å²) in [6.45, 7) is 2.07. The number of amides is 2. The number of thioether (sulfide) groups is 2. The van der Waals surface area contributed by atoms with E-state index in [1.165, 1.54) is 23.1 Å². The van der Waals surface area contributed by atoms with Crippen LogP contribution in [0, 0.1) is 0 Å². The van der Waals surface area contributed by atoms with Gasteiger partial charge < -0.3 is 10.6 Å². The molecule has 0 saturated heterocycles. The zero-order valence-electron chi connectivity index (χ0n) is 17.1. The molecular formula is C23H23N3O2S3. The first-order valence-electron chi connectivity index (χ1n) is 10.2. The van der Waals surface area contributed by atoms with Gasteiger partial charge in [-0.15, -0.1) is 11.8 Å². The summed E-state index contributed by atoms with van der Waals surface area (Å²) >= 11 is 4.45. The molecule has 1 fully saturated rings. The fourth-order valence-electron chi connectivity index (χ4n) is 2.97. The number of carbonyl (C=O) groups excluding carboxylic acids is 2. The Bertz CT molecular complexity index is 1060. The van der Waals surface area contributed by atoms with Crippen molar-refractivity contribution in [3.05, 3.63) is 60.2 Å². The lowest BCUT2D eigenvalue weighted by Gasteiger charge is -2.09. The molecule has 31 heavy (non-hydrogen) atoms. The van der Waals surface area contributed by atoms with Gasteiger partial charge in [0.25, 0.3) is 5.91 Å². The molecule has 2 N–H and O–H groups in total. The summed E-state index contributed by atoms with van der Waals surface area (Å²) in [7, 11) is 0. The Hall–Kier alpha value is -2.29. The van der Waals surface area contributed by atoms with Crippen LogP contribution in [0.3, 0.4) is 0 Å². The lowest BCUT2D eigenvalue weighted by atomic mass is 10.1. The Labute approximate surface area is 194 Å². The molecule has 0 bridgehead atoms. The summed E-state index contributed by atoms with van der Waals surface area (Å²) in [5.74, 6) is 1.09. The Morgan fingerprint density at radius 3 is 2.55 bits per heavy atom. The van der Waals surface area contributed by atoms with Crippen LogP contribution in [-0.2, 0) is 4.79 Å². The molecule has 2 amide bonds. The van der Waals surface area contributed by atoms with Gasteiger partial charge in [-0.3, -0.25) is 9.59 Å². The number of nitrogens with one attached hydrogen (secondary N) is 2. The van der Waals surface area contributed by atoms with Gasteiger partial charge in [-0.1, -0.05) is 72.5 Å². The number of thiazole rings is 1. The maximum Gasteiger partial charge on any atom is 0.257 e. The molecule has 1 aromatic heterocycles. The van der Waals surface area contributed by atoms with Crippen molar-refractivity contribution >= 4 is 51.7 Å². The van der Waals surface area contributed by atoms with Crippen molar-refractivity contribution in [1.29, 1.82) is 0 Å². The number of hydrogen-bond acceptors (Lipinski definition) is 6. The molecule has 2 aromatic carbocycles. The van der Waals surface area contributed by atoms with Crippen LogP contribution in [0.5, 0.6) is 0 Å². The van der Waals surface area contributed by atoms with E-state index in [9.17, 15) is 9.59 Å². The quantitative estimate of drug-likeness (QED) is 0.402. The number of nitrogens with zero attached hydrogens (tertiary/aromatic N) is 1. The van der Waals surface area contributed by atoms with Gasteiger partial charge >= 0.3 is 0 Å². The predicted molar refractivity (Wildman–Crippen MR) is 130 cm³/mol. The number of carbonyl (C=O) groups is 2. The molecule has 0 atom stereocenters. The Balaban J connectivity index is 1.55. The summed E-state index contributed by atoms with van der Waals surface area (Å²) in [5.41, 5.74) is 2.31. The fourth-order valence-corrected chi connectivity index (χ4v) is 5.64. The molecule has 0 unspecified atom stereocenters. The molecule has 0 radical (unpaired) electrons. The van der Waals surface area contributed by atoms with Crippen LogP contribution < -0.4 is 10.6 Å². The molecule has 5 nitrogen and oxygen atoms in total. The summed E-state index contributed by atoms with van der Waals surface area (Å²) in [6, 6.07) is 17.8. The number of rotatable bonds is 9. The van der Waals surface area contributed by atoms with E-state index in [1.807, 2.05) is 54.6 Å². The molecular weight excluding hydrogens is 446 g/mol. The highest BCUT2D eigenvalue weighted by Crippen LogP contribution is 2.38. The fraction of sp³-hybridized carbons (Fsp3) is 0.261. The van der Waals surface area contributed by atoms with Crippen LogP contribution in [0.1, 0.15) is 30.1 Å². The van der Waals surface area contributed by atoms with E-state index >= 15 is 0 Å². The zero-order chi connectivity index (χ0) is 21.6. The Morgan fingerprint density at radius 1 is 1.06 bits per heavy atom. The minimum absolute atomic E-state index is 0.0278. The number of benzene rings is 2. The number of anilines is 1. The number of hydrogen-bond donors (Lipinski definition) is 2. The first kappa shape index (κ1) is 21.9. The Kier molecular flexibility index (Phi) is 7.32. The molecule has 0 spiro atoms. The van der Waals surface area contributed by atoms with Crippen molar-refractivity contribution in [3.8, 4) is 11.3 Å². The van der Waals surface area contributed by atoms with Crippen LogP contribution in [-0.4, -0.2) is 34.3 Å².